The average Bonchev–Trinajstić information content (AvgIpc) is 2.96. The van der Waals surface area contributed by atoms with Gasteiger partial charge in [0, 0.05) is 32.3 Å². The fraction of sp³-hybridized carbons (Fsp3) is 0.500. The summed E-state index contributed by atoms with van der Waals surface area (Å²) < 4.78 is 32.0. The second-order valence-corrected chi connectivity index (χ2v) is 4.68. The Balaban J connectivity index is 0.00000220. The van der Waals surface area contributed by atoms with Crippen molar-refractivity contribution in [3.05, 3.63) is 35.4 Å². The molecule has 7 heteroatoms. The average molecular weight is 411 g/mol. The Morgan fingerprint density at radius 2 is 2.19 bits per heavy atom. The van der Waals surface area contributed by atoms with Gasteiger partial charge in [0.25, 0.3) is 0 Å². The normalized spacial score (nSPS) is 18.2. The van der Waals surface area contributed by atoms with E-state index in [0.717, 1.165) is 31.6 Å². The number of nitrogens with one attached hydrogen (secondary N) is 2. The maximum absolute atomic E-state index is 13.5. The van der Waals surface area contributed by atoms with Crippen molar-refractivity contribution in [2.75, 3.05) is 20.2 Å². The molecular weight excluding hydrogens is 391 g/mol. The Hall–Kier alpha value is -0.960. The highest BCUT2D eigenvalue weighted by Gasteiger charge is 2.15. The molecule has 1 atom stereocenters. The molecule has 1 saturated heterocycles. The van der Waals surface area contributed by atoms with Crippen molar-refractivity contribution in [1.29, 1.82) is 0 Å². The summed E-state index contributed by atoms with van der Waals surface area (Å²) in [6.07, 6.45) is 2.30. The molecule has 118 valence electrons. The third kappa shape index (κ3) is 5.74. The van der Waals surface area contributed by atoms with Crippen LogP contribution >= 0.6 is 24.0 Å². The van der Waals surface area contributed by atoms with Gasteiger partial charge in [0.05, 0.1) is 6.10 Å². The molecule has 1 fully saturated rings. The third-order valence-electron chi connectivity index (χ3n) is 3.20. The van der Waals surface area contributed by atoms with Crippen molar-refractivity contribution in [2.24, 2.45) is 4.99 Å². The summed E-state index contributed by atoms with van der Waals surface area (Å²) in [5, 5.41) is 6.07. The molecule has 1 aromatic rings. The van der Waals surface area contributed by atoms with Crippen LogP contribution in [-0.4, -0.2) is 32.3 Å². The predicted molar refractivity (Wildman–Crippen MR) is 88.9 cm³/mol. The van der Waals surface area contributed by atoms with Crippen LogP contribution in [-0.2, 0) is 11.3 Å². The first-order chi connectivity index (χ1) is 9.69. The standard InChI is InChI=1S/C14H19F2N3O.HI/c1-17-14(19-9-12-3-2-6-20-12)18-8-10-7-11(15)4-5-13(10)16;/h4-5,7,12H,2-3,6,8-9H2,1H3,(H2,17,18,19);1H. The Morgan fingerprint density at radius 3 is 2.86 bits per heavy atom. The van der Waals surface area contributed by atoms with E-state index >= 15 is 0 Å². The molecule has 0 radical (unpaired) electrons. The van der Waals surface area contributed by atoms with Crippen LogP contribution < -0.4 is 10.6 Å². The van der Waals surface area contributed by atoms with E-state index in [4.69, 9.17) is 4.74 Å². The van der Waals surface area contributed by atoms with E-state index in [9.17, 15) is 8.78 Å². The number of ether oxygens (including phenoxy) is 1. The van der Waals surface area contributed by atoms with Crippen molar-refractivity contribution >= 4 is 29.9 Å². The number of hydrogen-bond donors (Lipinski definition) is 2. The van der Waals surface area contributed by atoms with Gasteiger partial charge in [0.15, 0.2) is 5.96 Å². The maximum atomic E-state index is 13.5. The van der Waals surface area contributed by atoms with E-state index in [1.807, 2.05) is 0 Å². The minimum Gasteiger partial charge on any atom is -0.376 e. The summed E-state index contributed by atoms with van der Waals surface area (Å²) in [6.45, 7) is 1.63. The van der Waals surface area contributed by atoms with Gasteiger partial charge in [-0.3, -0.25) is 4.99 Å². The lowest BCUT2D eigenvalue weighted by Crippen LogP contribution is -2.40. The summed E-state index contributed by atoms with van der Waals surface area (Å²) >= 11 is 0. The molecule has 0 amide bonds. The van der Waals surface area contributed by atoms with Crippen LogP contribution in [0.5, 0.6) is 0 Å². The van der Waals surface area contributed by atoms with E-state index in [-0.39, 0.29) is 42.2 Å². The van der Waals surface area contributed by atoms with E-state index in [1.165, 1.54) is 6.07 Å². The van der Waals surface area contributed by atoms with E-state index in [2.05, 4.69) is 15.6 Å². The quantitative estimate of drug-likeness (QED) is 0.455. The first kappa shape index (κ1) is 18.1. The Bertz CT molecular complexity index is 479. The van der Waals surface area contributed by atoms with Gasteiger partial charge in [0.2, 0.25) is 0 Å². The van der Waals surface area contributed by atoms with Gasteiger partial charge >= 0.3 is 0 Å². The molecule has 4 nitrogen and oxygen atoms in total. The molecule has 1 heterocycles. The highest BCUT2D eigenvalue weighted by molar-refractivity contribution is 14.0. The fourth-order valence-electron chi connectivity index (χ4n) is 2.09. The molecular formula is C14H20F2IN3O. The van der Waals surface area contributed by atoms with Crippen LogP contribution in [0, 0.1) is 11.6 Å². The second-order valence-electron chi connectivity index (χ2n) is 4.68. The zero-order valence-electron chi connectivity index (χ0n) is 11.9. The van der Waals surface area contributed by atoms with Crippen molar-refractivity contribution in [1.82, 2.24) is 10.6 Å². The van der Waals surface area contributed by atoms with Gasteiger partial charge in [-0.1, -0.05) is 0 Å². The molecule has 0 bridgehead atoms. The summed E-state index contributed by atoms with van der Waals surface area (Å²) in [7, 11) is 1.63. The van der Waals surface area contributed by atoms with Crippen LogP contribution in [0.1, 0.15) is 18.4 Å². The van der Waals surface area contributed by atoms with E-state index in [0.29, 0.717) is 12.5 Å². The monoisotopic (exact) mass is 411 g/mol. The Morgan fingerprint density at radius 1 is 1.38 bits per heavy atom. The lowest BCUT2D eigenvalue weighted by Gasteiger charge is -2.15. The molecule has 0 aliphatic carbocycles. The zero-order chi connectivity index (χ0) is 14.4. The molecule has 0 aromatic heterocycles. The summed E-state index contributed by atoms with van der Waals surface area (Å²) in [4.78, 5) is 4.04. The van der Waals surface area contributed by atoms with Gasteiger partial charge in [0.1, 0.15) is 11.6 Å². The first-order valence-corrected chi connectivity index (χ1v) is 6.69. The van der Waals surface area contributed by atoms with Crippen LogP contribution in [0.4, 0.5) is 8.78 Å². The largest absolute Gasteiger partial charge is 0.376 e. The lowest BCUT2D eigenvalue weighted by molar-refractivity contribution is 0.114. The van der Waals surface area contributed by atoms with Gasteiger partial charge in [-0.2, -0.15) is 0 Å². The predicted octanol–water partition coefficient (Wildman–Crippen LogP) is 2.43. The molecule has 21 heavy (non-hydrogen) atoms. The van der Waals surface area contributed by atoms with Crippen molar-refractivity contribution in [3.8, 4) is 0 Å². The van der Waals surface area contributed by atoms with Crippen molar-refractivity contribution in [2.45, 2.75) is 25.5 Å². The minimum atomic E-state index is -0.453. The molecule has 1 aliphatic rings. The molecule has 1 unspecified atom stereocenters. The molecule has 1 aromatic carbocycles. The number of nitrogens with zero attached hydrogens (tertiary/aromatic N) is 1. The molecule has 1 aliphatic heterocycles. The van der Waals surface area contributed by atoms with Crippen LogP contribution in [0.2, 0.25) is 0 Å². The highest BCUT2D eigenvalue weighted by atomic mass is 127. The van der Waals surface area contributed by atoms with E-state index in [1.54, 1.807) is 7.05 Å². The number of guanidine groups is 1. The Kier molecular flexibility index (Phi) is 7.87. The summed E-state index contributed by atoms with van der Waals surface area (Å²) in [5.41, 5.74) is 0.269. The minimum absolute atomic E-state index is 0. The van der Waals surface area contributed by atoms with Crippen molar-refractivity contribution < 1.29 is 13.5 Å². The number of halogens is 3. The highest BCUT2D eigenvalue weighted by Crippen LogP contribution is 2.11. The first-order valence-electron chi connectivity index (χ1n) is 6.69. The number of hydrogen-bond acceptors (Lipinski definition) is 2. The second kappa shape index (κ2) is 9.14. The molecule has 2 N–H and O–H groups in total. The number of benzene rings is 1. The van der Waals surface area contributed by atoms with Gasteiger partial charge < -0.3 is 15.4 Å². The molecule has 0 saturated carbocycles. The van der Waals surface area contributed by atoms with Crippen LogP contribution in [0.15, 0.2) is 23.2 Å². The smallest absolute Gasteiger partial charge is 0.191 e. The zero-order valence-corrected chi connectivity index (χ0v) is 14.2. The summed E-state index contributed by atoms with van der Waals surface area (Å²) in [6, 6.07) is 3.40. The number of aliphatic imine (C=N–C) groups is 1. The van der Waals surface area contributed by atoms with Gasteiger partial charge in [-0.25, -0.2) is 8.78 Å². The lowest BCUT2D eigenvalue weighted by atomic mass is 10.2. The SMILES string of the molecule is CN=C(NCc1cc(F)ccc1F)NCC1CCCO1.I. The third-order valence-corrected chi connectivity index (χ3v) is 3.20. The van der Waals surface area contributed by atoms with Crippen molar-refractivity contribution in [3.63, 3.8) is 0 Å². The molecule has 0 spiro atoms. The maximum Gasteiger partial charge on any atom is 0.191 e. The molecule has 2 rings (SSSR count). The van der Waals surface area contributed by atoms with Crippen LogP contribution in [0.3, 0.4) is 0 Å². The fourth-order valence-corrected chi connectivity index (χ4v) is 2.09. The van der Waals surface area contributed by atoms with E-state index < -0.39 is 11.6 Å². The van der Waals surface area contributed by atoms with Crippen LogP contribution in [0.25, 0.3) is 0 Å². The Labute approximate surface area is 140 Å². The summed E-state index contributed by atoms with van der Waals surface area (Å²) in [5.74, 6) is -0.344. The topological polar surface area (TPSA) is 45.7 Å². The number of rotatable bonds is 4. The van der Waals surface area contributed by atoms with Gasteiger partial charge in [-0.15, -0.1) is 24.0 Å². The van der Waals surface area contributed by atoms with Gasteiger partial charge in [-0.05, 0) is 31.0 Å².